The molecule has 17 heavy (non-hydrogen) atoms. The molecule has 0 aliphatic rings. The molecule has 0 atom stereocenters. The van der Waals surface area contributed by atoms with E-state index in [-0.39, 0.29) is 6.54 Å². The van der Waals surface area contributed by atoms with Crippen LogP contribution < -0.4 is 0 Å². The molecular weight excluding hydrogens is 218 g/mol. The standard InChI is InChI=1S/C12H19N3O2/c1-3-5-14(9-12(16)17)8-11-7-13-10-15(11)6-4-2/h3,7,10H,1,4-6,8-9H2,2H3,(H,16,17). The SMILES string of the molecule is C=CCN(CC(=O)O)Cc1cncn1CCC. The van der Waals surface area contributed by atoms with Gasteiger partial charge in [0.1, 0.15) is 0 Å². The molecule has 0 aliphatic heterocycles. The van der Waals surface area contributed by atoms with E-state index in [9.17, 15) is 4.79 Å². The van der Waals surface area contributed by atoms with Crippen molar-refractivity contribution in [3.63, 3.8) is 0 Å². The largest absolute Gasteiger partial charge is 0.480 e. The second kappa shape index (κ2) is 6.85. The fraction of sp³-hybridized carbons (Fsp3) is 0.500. The van der Waals surface area contributed by atoms with E-state index in [0.717, 1.165) is 18.7 Å². The molecule has 0 aromatic carbocycles. The Kier molecular flexibility index (Phi) is 5.42. The molecule has 94 valence electrons. The normalized spacial score (nSPS) is 10.7. The number of aryl methyl sites for hydroxylation is 1. The summed E-state index contributed by atoms with van der Waals surface area (Å²) in [7, 11) is 0. The first kappa shape index (κ1) is 13.4. The van der Waals surface area contributed by atoms with Gasteiger partial charge in [0.05, 0.1) is 18.6 Å². The number of aliphatic carboxylic acids is 1. The summed E-state index contributed by atoms with van der Waals surface area (Å²) in [5.41, 5.74) is 1.04. The molecule has 0 spiro atoms. The number of hydrogen-bond donors (Lipinski definition) is 1. The molecule has 5 heteroatoms. The highest BCUT2D eigenvalue weighted by Gasteiger charge is 2.11. The summed E-state index contributed by atoms with van der Waals surface area (Å²) in [5.74, 6) is -0.826. The molecule has 1 aromatic rings. The molecule has 1 aromatic heterocycles. The molecule has 1 rings (SSSR count). The molecule has 0 bridgehead atoms. The highest BCUT2D eigenvalue weighted by atomic mass is 16.4. The lowest BCUT2D eigenvalue weighted by Crippen LogP contribution is -2.30. The smallest absolute Gasteiger partial charge is 0.317 e. The van der Waals surface area contributed by atoms with E-state index in [4.69, 9.17) is 5.11 Å². The third-order valence-electron chi connectivity index (χ3n) is 2.39. The van der Waals surface area contributed by atoms with Crippen LogP contribution in [0, 0.1) is 0 Å². The summed E-state index contributed by atoms with van der Waals surface area (Å²) in [4.78, 5) is 16.6. The third-order valence-corrected chi connectivity index (χ3v) is 2.39. The Labute approximate surface area is 101 Å². The Bertz CT molecular complexity index is 374. The Morgan fingerprint density at radius 1 is 1.71 bits per heavy atom. The van der Waals surface area contributed by atoms with E-state index in [2.05, 4.69) is 23.1 Å². The molecule has 5 nitrogen and oxygen atoms in total. The van der Waals surface area contributed by atoms with Crippen LogP contribution in [0.4, 0.5) is 0 Å². The van der Waals surface area contributed by atoms with Gasteiger partial charge in [0.15, 0.2) is 0 Å². The van der Waals surface area contributed by atoms with Crippen LogP contribution in [-0.4, -0.2) is 38.6 Å². The predicted octanol–water partition coefficient (Wildman–Crippen LogP) is 1.37. The quantitative estimate of drug-likeness (QED) is 0.694. The lowest BCUT2D eigenvalue weighted by molar-refractivity contribution is -0.138. The summed E-state index contributed by atoms with van der Waals surface area (Å²) in [5, 5.41) is 8.81. The lowest BCUT2D eigenvalue weighted by atomic mass is 10.3. The number of aromatic nitrogens is 2. The fourth-order valence-electron chi connectivity index (χ4n) is 1.71. The van der Waals surface area contributed by atoms with Crippen molar-refractivity contribution in [2.75, 3.05) is 13.1 Å². The van der Waals surface area contributed by atoms with Crippen molar-refractivity contribution in [1.29, 1.82) is 0 Å². The summed E-state index contributed by atoms with van der Waals surface area (Å²) in [6.45, 7) is 7.80. The van der Waals surface area contributed by atoms with Gasteiger partial charge < -0.3 is 9.67 Å². The van der Waals surface area contributed by atoms with E-state index in [1.54, 1.807) is 18.6 Å². The monoisotopic (exact) mass is 237 g/mol. The van der Waals surface area contributed by atoms with Gasteiger partial charge in [-0.2, -0.15) is 0 Å². The van der Waals surface area contributed by atoms with Crippen LogP contribution in [-0.2, 0) is 17.9 Å². The molecule has 0 radical (unpaired) electrons. The first-order valence-electron chi connectivity index (χ1n) is 5.71. The van der Waals surface area contributed by atoms with E-state index in [1.165, 1.54) is 0 Å². The second-order valence-electron chi connectivity index (χ2n) is 3.93. The van der Waals surface area contributed by atoms with E-state index < -0.39 is 5.97 Å². The number of carbonyl (C=O) groups is 1. The number of rotatable bonds is 8. The molecule has 0 saturated carbocycles. The van der Waals surface area contributed by atoms with Crippen LogP contribution in [0.15, 0.2) is 25.2 Å². The minimum absolute atomic E-state index is 0.0172. The number of hydrogen-bond acceptors (Lipinski definition) is 3. The van der Waals surface area contributed by atoms with Gasteiger partial charge in [0, 0.05) is 25.8 Å². The molecular formula is C12H19N3O2. The first-order valence-corrected chi connectivity index (χ1v) is 5.71. The Morgan fingerprint density at radius 2 is 2.47 bits per heavy atom. The molecule has 1 N–H and O–H groups in total. The Balaban J connectivity index is 2.67. The topological polar surface area (TPSA) is 58.4 Å². The van der Waals surface area contributed by atoms with Gasteiger partial charge in [-0.15, -0.1) is 6.58 Å². The number of nitrogens with zero attached hydrogens (tertiary/aromatic N) is 3. The highest BCUT2D eigenvalue weighted by molar-refractivity contribution is 5.69. The van der Waals surface area contributed by atoms with Crippen LogP contribution in [0.25, 0.3) is 0 Å². The first-order chi connectivity index (χ1) is 8.17. The maximum Gasteiger partial charge on any atom is 0.317 e. The van der Waals surface area contributed by atoms with E-state index >= 15 is 0 Å². The Morgan fingerprint density at radius 3 is 3.06 bits per heavy atom. The maximum atomic E-state index is 10.7. The highest BCUT2D eigenvalue weighted by Crippen LogP contribution is 2.05. The molecule has 0 unspecified atom stereocenters. The van der Waals surface area contributed by atoms with E-state index in [1.807, 2.05) is 4.90 Å². The summed E-state index contributed by atoms with van der Waals surface area (Å²) >= 11 is 0. The summed E-state index contributed by atoms with van der Waals surface area (Å²) < 4.78 is 2.05. The van der Waals surface area contributed by atoms with Crippen molar-refractivity contribution in [2.45, 2.75) is 26.4 Å². The van der Waals surface area contributed by atoms with Gasteiger partial charge in [0.2, 0.25) is 0 Å². The molecule has 0 saturated heterocycles. The maximum absolute atomic E-state index is 10.7. The van der Waals surface area contributed by atoms with Crippen molar-refractivity contribution < 1.29 is 9.90 Å². The van der Waals surface area contributed by atoms with Gasteiger partial charge in [-0.3, -0.25) is 9.69 Å². The average Bonchev–Trinajstić information content (AvgIpc) is 2.66. The third kappa shape index (κ3) is 4.40. The van der Waals surface area contributed by atoms with Gasteiger partial charge in [0.25, 0.3) is 0 Å². The van der Waals surface area contributed by atoms with Gasteiger partial charge in [-0.05, 0) is 6.42 Å². The van der Waals surface area contributed by atoms with Gasteiger partial charge in [-0.25, -0.2) is 4.98 Å². The summed E-state index contributed by atoms with van der Waals surface area (Å²) in [6, 6.07) is 0. The average molecular weight is 237 g/mol. The van der Waals surface area contributed by atoms with Crippen molar-refractivity contribution in [1.82, 2.24) is 14.5 Å². The molecule has 0 aliphatic carbocycles. The van der Waals surface area contributed by atoms with Crippen LogP contribution in [0.5, 0.6) is 0 Å². The number of carboxylic acids is 1. The predicted molar refractivity (Wildman–Crippen MR) is 65.6 cm³/mol. The zero-order chi connectivity index (χ0) is 12.7. The van der Waals surface area contributed by atoms with Crippen molar-refractivity contribution in [2.24, 2.45) is 0 Å². The van der Waals surface area contributed by atoms with Gasteiger partial charge in [-0.1, -0.05) is 13.0 Å². The van der Waals surface area contributed by atoms with E-state index in [0.29, 0.717) is 13.1 Å². The van der Waals surface area contributed by atoms with Crippen LogP contribution in [0.1, 0.15) is 19.0 Å². The number of carboxylic acid groups (broad SMARTS) is 1. The van der Waals surface area contributed by atoms with Crippen LogP contribution in [0.3, 0.4) is 0 Å². The Hall–Kier alpha value is -1.62. The fourth-order valence-corrected chi connectivity index (χ4v) is 1.71. The molecule has 1 heterocycles. The lowest BCUT2D eigenvalue weighted by Gasteiger charge is -2.18. The minimum Gasteiger partial charge on any atom is -0.480 e. The van der Waals surface area contributed by atoms with Crippen LogP contribution >= 0.6 is 0 Å². The zero-order valence-corrected chi connectivity index (χ0v) is 10.2. The number of imidazole rings is 1. The molecule has 0 fully saturated rings. The molecule has 0 amide bonds. The van der Waals surface area contributed by atoms with Crippen LogP contribution in [0.2, 0.25) is 0 Å². The zero-order valence-electron chi connectivity index (χ0n) is 10.2. The second-order valence-corrected chi connectivity index (χ2v) is 3.93. The van der Waals surface area contributed by atoms with Crippen molar-refractivity contribution >= 4 is 5.97 Å². The summed E-state index contributed by atoms with van der Waals surface area (Å²) in [6.07, 6.45) is 6.31. The van der Waals surface area contributed by atoms with Gasteiger partial charge >= 0.3 is 5.97 Å². The van der Waals surface area contributed by atoms with Crippen molar-refractivity contribution in [3.05, 3.63) is 30.9 Å². The minimum atomic E-state index is -0.826. The van der Waals surface area contributed by atoms with Crippen molar-refractivity contribution in [3.8, 4) is 0 Å².